The summed E-state index contributed by atoms with van der Waals surface area (Å²) >= 11 is 6.05. The van der Waals surface area contributed by atoms with Crippen LogP contribution in [0.25, 0.3) is 11.1 Å². The topological polar surface area (TPSA) is 12.0 Å². The number of aryl methyl sites for hydroxylation is 1. The van der Waals surface area contributed by atoms with Gasteiger partial charge < -0.3 is 5.32 Å². The van der Waals surface area contributed by atoms with E-state index in [2.05, 4.69) is 5.32 Å². The van der Waals surface area contributed by atoms with Crippen LogP contribution in [-0.4, -0.2) is 7.05 Å². The first kappa shape index (κ1) is 14.0. The average molecular weight is 282 g/mol. The van der Waals surface area contributed by atoms with Crippen molar-refractivity contribution in [3.63, 3.8) is 0 Å². The molecule has 2 aromatic carbocycles. The van der Waals surface area contributed by atoms with Crippen molar-refractivity contribution in [3.05, 3.63) is 58.1 Å². The number of rotatable bonds is 3. The third-order valence-electron chi connectivity index (χ3n) is 3.00. The zero-order valence-corrected chi connectivity index (χ0v) is 11.5. The SMILES string of the molecule is CNCc1cc(-c2ccc(C)c(F)c2F)ccc1Cl. The molecule has 0 aromatic heterocycles. The van der Waals surface area contributed by atoms with Crippen molar-refractivity contribution in [2.24, 2.45) is 0 Å². The standard InChI is InChI=1S/C15H14ClF2N/c1-9-3-5-12(15(18)14(9)17)10-4-6-13(16)11(7-10)8-19-2/h3-7,19H,8H2,1-2H3. The number of hydrogen-bond donors (Lipinski definition) is 1. The van der Waals surface area contributed by atoms with Crippen LogP contribution in [0.5, 0.6) is 0 Å². The van der Waals surface area contributed by atoms with Crippen LogP contribution in [0.2, 0.25) is 5.02 Å². The van der Waals surface area contributed by atoms with E-state index < -0.39 is 11.6 Å². The van der Waals surface area contributed by atoms with E-state index >= 15 is 0 Å². The molecule has 2 aromatic rings. The summed E-state index contributed by atoms with van der Waals surface area (Å²) in [6.45, 7) is 2.11. The summed E-state index contributed by atoms with van der Waals surface area (Å²) in [7, 11) is 1.80. The quantitative estimate of drug-likeness (QED) is 0.884. The Labute approximate surface area is 116 Å². The highest BCUT2D eigenvalue weighted by atomic mass is 35.5. The van der Waals surface area contributed by atoms with Gasteiger partial charge in [-0.3, -0.25) is 0 Å². The molecule has 1 N–H and O–H groups in total. The zero-order chi connectivity index (χ0) is 14.0. The Bertz CT molecular complexity index is 611. The van der Waals surface area contributed by atoms with Crippen molar-refractivity contribution in [1.82, 2.24) is 5.32 Å². The van der Waals surface area contributed by atoms with Crippen molar-refractivity contribution in [3.8, 4) is 11.1 Å². The van der Waals surface area contributed by atoms with Crippen LogP contribution in [0.15, 0.2) is 30.3 Å². The van der Waals surface area contributed by atoms with Crippen LogP contribution in [0.1, 0.15) is 11.1 Å². The third kappa shape index (κ3) is 2.77. The number of halogens is 3. The van der Waals surface area contributed by atoms with Gasteiger partial charge in [-0.15, -0.1) is 0 Å². The van der Waals surface area contributed by atoms with E-state index in [-0.39, 0.29) is 5.56 Å². The van der Waals surface area contributed by atoms with E-state index in [1.165, 1.54) is 6.92 Å². The van der Waals surface area contributed by atoms with E-state index in [0.29, 0.717) is 22.7 Å². The molecule has 4 heteroatoms. The zero-order valence-electron chi connectivity index (χ0n) is 10.7. The summed E-state index contributed by atoms with van der Waals surface area (Å²) in [6.07, 6.45) is 0. The minimum atomic E-state index is -0.822. The predicted molar refractivity (Wildman–Crippen MR) is 74.3 cm³/mol. The molecule has 1 nitrogen and oxygen atoms in total. The van der Waals surface area contributed by atoms with Gasteiger partial charge in [0.05, 0.1) is 0 Å². The van der Waals surface area contributed by atoms with Gasteiger partial charge in [-0.05, 0) is 42.8 Å². The highest BCUT2D eigenvalue weighted by Crippen LogP contribution is 2.29. The first-order valence-corrected chi connectivity index (χ1v) is 6.30. The minimum Gasteiger partial charge on any atom is -0.316 e. The van der Waals surface area contributed by atoms with E-state index in [4.69, 9.17) is 11.6 Å². The maximum absolute atomic E-state index is 13.9. The molecule has 0 fully saturated rings. The van der Waals surface area contributed by atoms with Gasteiger partial charge in [0.25, 0.3) is 0 Å². The van der Waals surface area contributed by atoms with Gasteiger partial charge in [0.2, 0.25) is 0 Å². The number of benzene rings is 2. The maximum Gasteiger partial charge on any atom is 0.166 e. The molecule has 0 unspecified atom stereocenters. The normalized spacial score (nSPS) is 10.8. The van der Waals surface area contributed by atoms with Crippen molar-refractivity contribution in [2.45, 2.75) is 13.5 Å². The Morgan fingerprint density at radius 2 is 1.84 bits per heavy atom. The Balaban J connectivity index is 2.53. The largest absolute Gasteiger partial charge is 0.316 e. The first-order valence-electron chi connectivity index (χ1n) is 5.92. The summed E-state index contributed by atoms with van der Waals surface area (Å²) in [4.78, 5) is 0. The minimum absolute atomic E-state index is 0.247. The molecular weight excluding hydrogens is 268 g/mol. The van der Waals surface area contributed by atoms with Crippen molar-refractivity contribution in [1.29, 1.82) is 0 Å². The van der Waals surface area contributed by atoms with Gasteiger partial charge in [-0.1, -0.05) is 29.8 Å². The van der Waals surface area contributed by atoms with E-state index in [1.54, 1.807) is 37.4 Å². The molecule has 0 spiro atoms. The van der Waals surface area contributed by atoms with E-state index in [9.17, 15) is 8.78 Å². The van der Waals surface area contributed by atoms with Crippen LogP contribution >= 0.6 is 11.6 Å². The third-order valence-corrected chi connectivity index (χ3v) is 3.37. The lowest BCUT2D eigenvalue weighted by Gasteiger charge is -2.10. The smallest absolute Gasteiger partial charge is 0.166 e. The van der Waals surface area contributed by atoms with Crippen molar-refractivity contribution >= 4 is 11.6 Å². The van der Waals surface area contributed by atoms with Crippen molar-refractivity contribution < 1.29 is 8.78 Å². The Kier molecular flexibility index (Phi) is 4.17. The second kappa shape index (κ2) is 5.68. The van der Waals surface area contributed by atoms with Crippen LogP contribution < -0.4 is 5.32 Å². The molecule has 0 amide bonds. The molecule has 19 heavy (non-hydrogen) atoms. The highest BCUT2D eigenvalue weighted by Gasteiger charge is 2.13. The monoisotopic (exact) mass is 281 g/mol. The molecule has 0 aliphatic carbocycles. The lowest BCUT2D eigenvalue weighted by molar-refractivity contribution is 0.505. The van der Waals surface area contributed by atoms with Crippen LogP contribution in [-0.2, 0) is 6.54 Å². The van der Waals surface area contributed by atoms with E-state index in [1.807, 2.05) is 0 Å². The second-order valence-electron chi connectivity index (χ2n) is 4.39. The second-order valence-corrected chi connectivity index (χ2v) is 4.80. The Morgan fingerprint density at radius 1 is 1.11 bits per heavy atom. The van der Waals surface area contributed by atoms with E-state index in [0.717, 1.165) is 5.56 Å². The first-order chi connectivity index (χ1) is 9.04. The number of nitrogens with one attached hydrogen (secondary N) is 1. The summed E-state index contributed by atoms with van der Waals surface area (Å²) in [5.74, 6) is -1.62. The Hall–Kier alpha value is -1.45. The van der Waals surface area contributed by atoms with Gasteiger partial charge in [-0.2, -0.15) is 0 Å². The summed E-state index contributed by atoms with van der Waals surface area (Å²) in [5, 5.41) is 3.59. The Morgan fingerprint density at radius 3 is 2.53 bits per heavy atom. The lowest BCUT2D eigenvalue weighted by Crippen LogP contribution is -2.05. The molecule has 2 rings (SSSR count). The molecular formula is C15H14ClF2N. The van der Waals surface area contributed by atoms with Gasteiger partial charge in [-0.25, -0.2) is 8.78 Å². The van der Waals surface area contributed by atoms with Crippen LogP contribution in [0.3, 0.4) is 0 Å². The molecule has 0 radical (unpaired) electrons. The highest BCUT2D eigenvalue weighted by molar-refractivity contribution is 6.31. The predicted octanol–water partition coefficient (Wildman–Crippen LogP) is 4.31. The van der Waals surface area contributed by atoms with Gasteiger partial charge >= 0.3 is 0 Å². The van der Waals surface area contributed by atoms with Gasteiger partial charge in [0.15, 0.2) is 11.6 Å². The molecule has 0 aliphatic heterocycles. The fraction of sp³-hybridized carbons (Fsp3) is 0.200. The molecule has 0 atom stereocenters. The fourth-order valence-corrected chi connectivity index (χ4v) is 2.12. The van der Waals surface area contributed by atoms with Gasteiger partial charge in [0.1, 0.15) is 0 Å². The van der Waals surface area contributed by atoms with Crippen molar-refractivity contribution in [2.75, 3.05) is 7.05 Å². The summed E-state index contributed by atoms with van der Waals surface area (Å²) in [5.41, 5.74) is 2.01. The molecule has 0 heterocycles. The fourth-order valence-electron chi connectivity index (χ4n) is 1.94. The summed E-state index contributed by atoms with van der Waals surface area (Å²) in [6, 6.07) is 8.31. The summed E-state index contributed by atoms with van der Waals surface area (Å²) < 4.78 is 27.5. The molecule has 0 saturated carbocycles. The molecule has 100 valence electrons. The maximum atomic E-state index is 13.9. The number of hydrogen-bond acceptors (Lipinski definition) is 1. The van der Waals surface area contributed by atoms with Gasteiger partial charge in [0, 0.05) is 17.1 Å². The molecule has 0 aliphatic rings. The molecule has 0 bridgehead atoms. The molecule has 0 saturated heterocycles. The lowest BCUT2D eigenvalue weighted by atomic mass is 10.0. The van der Waals surface area contributed by atoms with Crippen LogP contribution in [0, 0.1) is 18.6 Å². The van der Waals surface area contributed by atoms with Crippen LogP contribution in [0.4, 0.5) is 8.78 Å². The average Bonchev–Trinajstić information content (AvgIpc) is 2.39.